The van der Waals surface area contributed by atoms with E-state index in [1.165, 1.54) is 12.1 Å². The number of halogens is 1. The summed E-state index contributed by atoms with van der Waals surface area (Å²) in [6.45, 7) is 2.28. The van der Waals surface area contributed by atoms with Gasteiger partial charge in [-0.2, -0.15) is 0 Å². The highest BCUT2D eigenvalue weighted by Crippen LogP contribution is 2.35. The minimum atomic E-state index is -0.869. The second kappa shape index (κ2) is 8.98. The van der Waals surface area contributed by atoms with Crippen molar-refractivity contribution in [2.24, 2.45) is 0 Å². The van der Waals surface area contributed by atoms with Crippen molar-refractivity contribution in [3.05, 3.63) is 46.5 Å². The molecule has 0 aliphatic carbocycles. The van der Waals surface area contributed by atoms with E-state index in [0.717, 1.165) is 12.0 Å². The molecule has 0 bridgehead atoms. The van der Waals surface area contributed by atoms with Crippen LogP contribution in [-0.2, 0) is 6.42 Å². The van der Waals surface area contributed by atoms with E-state index in [1.807, 2.05) is 25.1 Å². The number of rotatable bonds is 8. The van der Waals surface area contributed by atoms with Crippen molar-refractivity contribution in [2.45, 2.75) is 25.5 Å². The molecule has 2 rings (SSSR count). The van der Waals surface area contributed by atoms with Crippen LogP contribution in [0.15, 0.2) is 30.3 Å². The Morgan fingerprint density at radius 3 is 2.38 bits per heavy atom. The van der Waals surface area contributed by atoms with E-state index in [-0.39, 0.29) is 23.4 Å². The number of aliphatic hydroxyl groups excluding tert-OH is 1. The fourth-order valence-electron chi connectivity index (χ4n) is 2.66. The third kappa shape index (κ3) is 4.94. The summed E-state index contributed by atoms with van der Waals surface area (Å²) in [5.41, 5.74) is 1.50. The Labute approximate surface area is 158 Å². The molecular weight excluding hydrogens is 358 g/mol. The molecule has 2 aromatic rings. The molecule has 4 N–H and O–H groups in total. The van der Waals surface area contributed by atoms with Crippen molar-refractivity contribution < 1.29 is 24.8 Å². The van der Waals surface area contributed by atoms with Gasteiger partial charge in [0.25, 0.3) is 0 Å². The summed E-state index contributed by atoms with van der Waals surface area (Å²) in [5, 5.41) is 32.6. The smallest absolute Gasteiger partial charge is 0.176 e. The zero-order valence-corrected chi connectivity index (χ0v) is 15.7. The topological polar surface area (TPSA) is 91.2 Å². The van der Waals surface area contributed by atoms with E-state index < -0.39 is 11.9 Å². The maximum atomic E-state index is 10.3. The summed E-state index contributed by atoms with van der Waals surface area (Å²) >= 11 is 5.82. The van der Waals surface area contributed by atoms with E-state index in [1.54, 1.807) is 14.2 Å². The highest BCUT2D eigenvalue weighted by molar-refractivity contribution is 6.32. The van der Waals surface area contributed by atoms with Gasteiger partial charge in [0.05, 0.1) is 25.3 Å². The minimum absolute atomic E-state index is 0.00238. The maximum absolute atomic E-state index is 10.3. The van der Waals surface area contributed by atoms with Crippen molar-refractivity contribution in [3.8, 4) is 23.0 Å². The summed E-state index contributed by atoms with van der Waals surface area (Å²) < 4.78 is 10.5. The highest BCUT2D eigenvalue weighted by atomic mass is 35.5. The highest BCUT2D eigenvalue weighted by Gasteiger charge is 2.15. The van der Waals surface area contributed by atoms with E-state index in [9.17, 15) is 15.3 Å². The molecule has 0 aromatic heterocycles. The SMILES string of the molecule is COc1ccc(CC(C)NCC(O)c2cc(O)c(O)c(Cl)c2)cc1OC. The largest absolute Gasteiger partial charge is 0.504 e. The van der Waals surface area contributed by atoms with Crippen LogP contribution in [0.25, 0.3) is 0 Å². The first-order chi connectivity index (χ1) is 12.3. The van der Waals surface area contributed by atoms with Crippen LogP contribution in [0, 0.1) is 0 Å². The molecule has 0 spiro atoms. The molecule has 2 atom stereocenters. The zero-order chi connectivity index (χ0) is 19.3. The first kappa shape index (κ1) is 20.2. The second-order valence-corrected chi connectivity index (χ2v) is 6.50. The molecule has 0 aliphatic rings. The van der Waals surface area contributed by atoms with Crippen molar-refractivity contribution in [3.63, 3.8) is 0 Å². The minimum Gasteiger partial charge on any atom is -0.504 e. The van der Waals surface area contributed by atoms with Gasteiger partial charge in [0.15, 0.2) is 23.0 Å². The van der Waals surface area contributed by atoms with Gasteiger partial charge in [-0.05, 0) is 48.7 Å². The number of hydrogen-bond acceptors (Lipinski definition) is 6. The predicted molar refractivity (Wildman–Crippen MR) is 100 cm³/mol. The van der Waals surface area contributed by atoms with Crippen LogP contribution >= 0.6 is 11.6 Å². The molecule has 0 saturated heterocycles. The summed E-state index contributed by atoms with van der Waals surface area (Å²) in [6.07, 6.45) is -0.138. The number of hydrogen-bond donors (Lipinski definition) is 4. The molecule has 0 aliphatic heterocycles. The Bertz CT molecular complexity index is 730. The van der Waals surface area contributed by atoms with Gasteiger partial charge >= 0.3 is 0 Å². The lowest BCUT2D eigenvalue weighted by atomic mass is 10.0. The fraction of sp³-hybridized carbons (Fsp3) is 0.368. The average Bonchev–Trinajstić information content (AvgIpc) is 2.63. The van der Waals surface area contributed by atoms with Crippen LogP contribution in [0.3, 0.4) is 0 Å². The normalized spacial score (nSPS) is 13.3. The molecule has 7 heteroatoms. The summed E-state index contributed by atoms with van der Waals surface area (Å²) in [4.78, 5) is 0. The van der Waals surface area contributed by atoms with Gasteiger partial charge in [-0.1, -0.05) is 17.7 Å². The Morgan fingerprint density at radius 2 is 1.77 bits per heavy atom. The van der Waals surface area contributed by atoms with Crippen molar-refractivity contribution in [1.29, 1.82) is 0 Å². The van der Waals surface area contributed by atoms with Crippen LogP contribution in [-0.4, -0.2) is 42.1 Å². The predicted octanol–water partition coefficient (Wildman–Crippen LogP) is 3.02. The third-order valence-electron chi connectivity index (χ3n) is 4.10. The number of phenols is 2. The molecule has 2 unspecified atom stereocenters. The molecule has 142 valence electrons. The number of aromatic hydroxyl groups is 2. The molecule has 0 fully saturated rings. The van der Waals surface area contributed by atoms with Crippen LogP contribution < -0.4 is 14.8 Å². The van der Waals surface area contributed by atoms with E-state index >= 15 is 0 Å². The average molecular weight is 382 g/mol. The fourth-order valence-corrected chi connectivity index (χ4v) is 2.88. The Balaban J connectivity index is 1.95. The number of methoxy groups -OCH3 is 2. The monoisotopic (exact) mass is 381 g/mol. The quantitative estimate of drug-likeness (QED) is 0.525. The number of nitrogens with one attached hydrogen (secondary N) is 1. The first-order valence-corrected chi connectivity index (χ1v) is 8.57. The van der Waals surface area contributed by atoms with Gasteiger partial charge in [0.2, 0.25) is 0 Å². The number of aliphatic hydroxyl groups is 1. The lowest BCUT2D eigenvalue weighted by Gasteiger charge is -2.19. The van der Waals surface area contributed by atoms with Crippen LogP contribution in [0.2, 0.25) is 5.02 Å². The molecule has 0 heterocycles. The summed E-state index contributed by atoms with van der Waals surface area (Å²) in [5.74, 6) is 0.602. The van der Waals surface area contributed by atoms with Gasteiger partial charge in [-0.25, -0.2) is 0 Å². The summed E-state index contributed by atoms with van der Waals surface area (Å²) in [6, 6.07) is 8.56. The van der Waals surface area contributed by atoms with Crippen LogP contribution in [0.1, 0.15) is 24.2 Å². The number of ether oxygens (including phenoxy) is 2. The maximum Gasteiger partial charge on any atom is 0.176 e. The van der Waals surface area contributed by atoms with Gasteiger partial charge in [0, 0.05) is 12.6 Å². The lowest BCUT2D eigenvalue weighted by molar-refractivity contribution is 0.170. The Kier molecular flexibility index (Phi) is 6.97. The van der Waals surface area contributed by atoms with Crippen molar-refractivity contribution >= 4 is 11.6 Å². The van der Waals surface area contributed by atoms with Gasteiger partial charge in [0.1, 0.15) is 0 Å². The van der Waals surface area contributed by atoms with Gasteiger partial charge in [-0.15, -0.1) is 0 Å². The Morgan fingerprint density at radius 1 is 1.08 bits per heavy atom. The number of benzene rings is 2. The van der Waals surface area contributed by atoms with Crippen molar-refractivity contribution in [2.75, 3.05) is 20.8 Å². The number of phenolic OH excluding ortho intramolecular Hbond substituents is 2. The Hall–Kier alpha value is -2.15. The van der Waals surface area contributed by atoms with E-state index in [0.29, 0.717) is 17.1 Å². The molecule has 0 saturated carbocycles. The van der Waals surface area contributed by atoms with E-state index in [2.05, 4.69) is 5.32 Å². The second-order valence-electron chi connectivity index (χ2n) is 6.09. The molecule has 0 amide bonds. The van der Waals surface area contributed by atoms with E-state index in [4.69, 9.17) is 21.1 Å². The standard InChI is InChI=1S/C19H24ClNO5/c1-11(6-12-4-5-17(25-2)18(7-12)26-3)21-10-16(23)13-8-14(20)19(24)15(22)9-13/h4-5,7-9,11,16,21-24H,6,10H2,1-3H3. The molecule has 6 nitrogen and oxygen atoms in total. The lowest BCUT2D eigenvalue weighted by Crippen LogP contribution is -2.32. The van der Waals surface area contributed by atoms with Gasteiger partial charge < -0.3 is 30.1 Å². The first-order valence-electron chi connectivity index (χ1n) is 8.19. The molecule has 26 heavy (non-hydrogen) atoms. The molecule has 0 radical (unpaired) electrons. The molecule has 2 aromatic carbocycles. The van der Waals surface area contributed by atoms with Gasteiger partial charge in [-0.3, -0.25) is 0 Å². The van der Waals surface area contributed by atoms with Crippen molar-refractivity contribution in [1.82, 2.24) is 5.32 Å². The van der Waals surface area contributed by atoms with Crippen LogP contribution in [0.4, 0.5) is 0 Å². The third-order valence-corrected chi connectivity index (χ3v) is 4.39. The van der Waals surface area contributed by atoms with Crippen LogP contribution in [0.5, 0.6) is 23.0 Å². The zero-order valence-electron chi connectivity index (χ0n) is 15.0. The molecular formula is C19H24ClNO5. The summed E-state index contributed by atoms with van der Waals surface area (Å²) in [7, 11) is 3.19.